The fraction of sp³-hybridized carbons (Fsp3) is 0.389. The number of aryl methyl sites for hydroxylation is 3. The van der Waals surface area contributed by atoms with Crippen molar-refractivity contribution < 1.29 is 4.79 Å². The predicted molar refractivity (Wildman–Crippen MR) is 88.4 cm³/mol. The maximum absolute atomic E-state index is 12.0. The normalized spacial score (nSPS) is 12.9. The van der Waals surface area contributed by atoms with Crippen molar-refractivity contribution in [3.05, 3.63) is 63.1 Å². The Labute approximate surface area is 135 Å². The van der Waals surface area contributed by atoms with E-state index in [1.165, 1.54) is 4.68 Å². The molecule has 0 aliphatic heterocycles. The van der Waals surface area contributed by atoms with E-state index in [4.69, 9.17) is 0 Å². The summed E-state index contributed by atoms with van der Waals surface area (Å²) in [5.74, 6) is -0.0372. The number of carbonyl (C=O) groups is 1. The van der Waals surface area contributed by atoms with Gasteiger partial charge in [-0.15, -0.1) is 0 Å². The minimum atomic E-state index is -0.0846. The van der Waals surface area contributed by atoms with Crippen LogP contribution in [0.3, 0.4) is 0 Å². The molecule has 0 saturated heterocycles. The minimum absolute atomic E-state index is 0.0372. The first kappa shape index (κ1) is 15.5. The van der Waals surface area contributed by atoms with Crippen molar-refractivity contribution in [1.29, 1.82) is 0 Å². The molecule has 1 aromatic heterocycles. The average molecular weight is 311 g/mol. The summed E-state index contributed by atoms with van der Waals surface area (Å²) >= 11 is 0. The van der Waals surface area contributed by atoms with Crippen LogP contribution in [-0.2, 0) is 30.6 Å². The summed E-state index contributed by atoms with van der Waals surface area (Å²) in [4.78, 5) is 23.9. The van der Waals surface area contributed by atoms with E-state index in [1.54, 1.807) is 6.07 Å². The van der Waals surface area contributed by atoms with Crippen LogP contribution in [0.5, 0.6) is 0 Å². The minimum Gasteiger partial charge on any atom is -0.354 e. The standard InChI is InChI=1S/C18H21N3O2/c1-13-4-2-5-14(10-13)11-17(22)19-8-9-21-18(23)12-15-6-3-7-16(15)20-21/h2,4-5,10,12H,3,6-9,11H2,1H3,(H,19,22). The second-order valence-electron chi connectivity index (χ2n) is 6.05. The third kappa shape index (κ3) is 3.86. The summed E-state index contributed by atoms with van der Waals surface area (Å²) < 4.78 is 1.46. The lowest BCUT2D eigenvalue weighted by Gasteiger charge is -2.08. The molecule has 0 atom stereocenters. The van der Waals surface area contributed by atoms with Crippen molar-refractivity contribution in [3.8, 4) is 0 Å². The van der Waals surface area contributed by atoms with Gasteiger partial charge < -0.3 is 5.32 Å². The van der Waals surface area contributed by atoms with E-state index < -0.39 is 0 Å². The van der Waals surface area contributed by atoms with Crippen LogP contribution in [0.1, 0.15) is 28.8 Å². The van der Waals surface area contributed by atoms with E-state index in [0.717, 1.165) is 41.6 Å². The highest BCUT2D eigenvalue weighted by atomic mass is 16.1. The van der Waals surface area contributed by atoms with E-state index in [0.29, 0.717) is 19.5 Å². The van der Waals surface area contributed by atoms with Crippen molar-refractivity contribution in [3.63, 3.8) is 0 Å². The average Bonchev–Trinajstić information content (AvgIpc) is 2.94. The fourth-order valence-electron chi connectivity index (χ4n) is 2.97. The molecule has 1 N–H and O–H groups in total. The van der Waals surface area contributed by atoms with Crippen LogP contribution in [0.2, 0.25) is 0 Å². The van der Waals surface area contributed by atoms with Crippen LogP contribution in [0.25, 0.3) is 0 Å². The second kappa shape index (κ2) is 6.77. The molecule has 1 heterocycles. The van der Waals surface area contributed by atoms with Gasteiger partial charge in [0.1, 0.15) is 0 Å². The molecule has 0 unspecified atom stereocenters. The summed E-state index contributed by atoms with van der Waals surface area (Å²) in [5, 5.41) is 7.25. The highest BCUT2D eigenvalue weighted by molar-refractivity contribution is 5.78. The first-order chi connectivity index (χ1) is 11.1. The Kier molecular flexibility index (Phi) is 4.55. The number of benzene rings is 1. The van der Waals surface area contributed by atoms with E-state index in [2.05, 4.69) is 10.4 Å². The molecule has 5 heteroatoms. The number of fused-ring (bicyclic) bond motifs is 1. The van der Waals surface area contributed by atoms with E-state index in [-0.39, 0.29) is 11.5 Å². The molecule has 0 radical (unpaired) electrons. The molecular formula is C18H21N3O2. The van der Waals surface area contributed by atoms with Crippen LogP contribution in [0.4, 0.5) is 0 Å². The van der Waals surface area contributed by atoms with Gasteiger partial charge in [0.15, 0.2) is 0 Å². The zero-order valence-electron chi connectivity index (χ0n) is 13.3. The van der Waals surface area contributed by atoms with Crippen molar-refractivity contribution in [2.75, 3.05) is 6.54 Å². The number of hydrogen-bond acceptors (Lipinski definition) is 3. The van der Waals surface area contributed by atoms with Crippen LogP contribution in [0.15, 0.2) is 35.1 Å². The fourth-order valence-corrected chi connectivity index (χ4v) is 2.97. The molecule has 1 amide bonds. The van der Waals surface area contributed by atoms with Gasteiger partial charge in [-0.2, -0.15) is 5.10 Å². The van der Waals surface area contributed by atoms with E-state index in [1.807, 2.05) is 31.2 Å². The first-order valence-electron chi connectivity index (χ1n) is 8.04. The van der Waals surface area contributed by atoms with Gasteiger partial charge in [0.2, 0.25) is 5.91 Å². The highest BCUT2D eigenvalue weighted by Crippen LogP contribution is 2.16. The van der Waals surface area contributed by atoms with Crippen molar-refractivity contribution in [2.24, 2.45) is 0 Å². The lowest BCUT2D eigenvalue weighted by atomic mass is 10.1. The monoisotopic (exact) mass is 311 g/mol. The zero-order valence-corrected chi connectivity index (χ0v) is 13.3. The Morgan fingerprint density at radius 2 is 2.17 bits per heavy atom. The number of carbonyl (C=O) groups excluding carboxylic acids is 1. The molecule has 2 aromatic rings. The molecule has 0 spiro atoms. The summed E-state index contributed by atoms with van der Waals surface area (Å²) in [6.07, 6.45) is 3.31. The molecule has 0 fully saturated rings. The van der Waals surface area contributed by atoms with Gasteiger partial charge in [-0.05, 0) is 37.3 Å². The molecule has 120 valence electrons. The molecule has 1 aliphatic carbocycles. The van der Waals surface area contributed by atoms with E-state index in [9.17, 15) is 9.59 Å². The zero-order chi connectivity index (χ0) is 16.2. The Balaban J connectivity index is 1.53. The molecule has 1 aliphatic rings. The Hall–Kier alpha value is -2.43. The summed E-state index contributed by atoms with van der Waals surface area (Å²) in [5.41, 5.74) is 4.16. The number of amides is 1. The second-order valence-corrected chi connectivity index (χ2v) is 6.05. The molecule has 0 saturated carbocycles. The quantitative estimate of drug-likeness (QED) is 0.908. The Morgan fingerprint density at radius 3 is 3.00 bits per heavy atom. The number of hydrogen-bond donors (Lipinski definition) is 1. The van der Waals surface area contributed by atoms with Gasteiger partial charge in [0, 0.05) is 12.6 Å². The molecule has 5 nitrogen and oxygen atoms in total. The van der Waals surface area contributed by atoms with Crippen molar-refractivity contribution >= 4 is 5.91 Å². The van der Waals surface area contributed by atoms with Gasteiger partial charge in [0.05, 0.1) is 18.7 Å². The summed E-state index contributed by atoms with van der Waals surface area (Å²) in [6.45, 7) is 2.83. The number of rotatable bonds is 5. The lowest BCUT2D eigenvalue weighted by molar-refractivity contribution is -0.120. The maximum atomic E-state index is 12.0. The molecule has 0 bridgehead atoms. The van der Waals surface area contributed by atoms with Crippen LogP contribution >= 0.6 is 0 Å². The van der Waals surface area contributed by atoms with Gasteiger partial charge in [-0.25, -0.2) is 4.68 Å². The Bertz CT molecular complexity index is 780. The van der Waals surface area contributed by atoms with Crippen LogP contribution in [0, 0.1) is 6.92 Å². The predicted octanol–water partition coefficient (Wildman–Crippen LogP) is 1.40. The SMILES string of the molecule is Cc1cccc(CC(=O)NCCn2nc3c(cc2=O)CCC3)c1. The highest BCUT2D eigenvalue weighted by Gasteiger charge is 2.14. The lowest BCUT2D eigenvalue weighted by Crippen LogP contribution is -2.33. The largest absolute Gasteiger partial charge is 0.354 e. The summed E-state index contributed by atoms with van der Waals surface area (Å²) in [6, 6.07) is 9.59. The van der Waals surface area contributed by atoms with Gasteiger partial charge in [-0.1, -0.05) is 29.8 Å². The van der Waals surface area contributed by atoms with Crippen molar-refractivity contribution in [2.45, 2.75) is 39.2 Å². The number of nitrogens with zero attached hydrogens (tertiary/aromatic N) is 2. The molecule has 1 aromatic carbocycles. The number of aromatic nitrogens is 2. The van der Waals surface area contributed by atoms with Gasteiger partial charge in [0.25, 0.3) is 5.56 Å². The van der Waals surface area contributed by atoms with Gasteiger partial charge >= 0.3 is 0 Å². The Morgan fingerprint density at radius 1 is 1.30 bits per heavy atom. The first-order valence-corrected chi connectivity index (χ1v) is 8.04. The van der Waals surface area contributed by atoms with Gasteiger partial charge in [-0.3, -0.25) is 9.59 Å². The topological polar surface area (TPSA) is 64.0 Å². The molecule has 23 heavy (non-hydrogen) atoms. The molecular weight excluding hydrogens is 290 g/mol. The molecule has 3 rings (SSSR count). The van der Waals surface area contributed by atoms with Crippen LogP contribution < -0.4 is 10.9 Å². The van der Waals surface area contributed by atoms with Crippen molar-refractivity contribution in [1.82, 2.24) is 15.1 Å². The maximum Gasteiger partial charge on any atom is 0.267 e. The van der Waals surface area contributed by atoms with Crippen LogP contribution in [-0.4, -0.2) is 22.2 Å². The summed E-state index contributed by atoms with van der Waals surface area (Å²) in [7, 11) is 0. The van der Waals surface area contributed by atoms with E-state index >= 15 is 0 Å². The third-order valence-electron chi connectivity index (χ3n) is 4.12. The smallest absolute Gasteiger partial charge is 0.267 e. The number of nitrogens with one attached hydrogen (secondary N) is 1. The third-order valence-corrected chi connectivity index (χ3v) is 4.12.